The molecule has 6 heteroatoms. The third-order valence-corrected chi connectivity index (χ3v) is 4.41. The lowest BCUT2D eigenvalue weighted by Gasteiger charge is -2.34. The van der Waals surface area contributed by atoms with E-state index >= 15 is 0 Å². The van der Waals surface area contributed by atoms with Gasteiger partial charge in [-0.05, 0) is 30.2 Å². The van der Waals surface area contributed by atoms with Crippen molar-refractivity contribution in [1.29, 1.82) is 0 Å². The van der Waals surface area contributed by atoms with E-state index in [-0.39, 0.29) is 5.82 Å². The van der Waals surface area contributed by atoms with Crippen LogP contribution in [0.1, 0.15) is 17.0 Å². The van der Waals surface area contributed by atoms with Crippen molar-refractivity contribution >= 4 is 16.9 Å². The highest BCUT2D eigenvalue weighted by Gasteiger charge is 2.50. The molecule has 2 aromatic heterocycles. The minimum Gasteiger partial charge on any atom is -0.467 e. The topological polar surface area (TPSA) is 67.3 Å². The minimum atomic E-state index is -1.29. The Bertz CT molecular complexity index is 885. The number of carbonyl (C=O) groups excluding carboxylic acids is 1. The Morgan fingerprint density at radius 2 is 2.22 bits per heavy atom. The van der Waals surface area contributed by atoms with Gasteiger partial charge in [0.15, 0.2) is 0 Å². The summed E-state index contributed by atoms with van der Waals surface area (Å²) < 4.78 is 24.7. The molecular formula is C17H15FN2O3. The number of hydrogen-bond donors (Lipinski definition) is 2. The summed E-state index contributed by atoms with van der Waals surface area (Å²) in [6.07, 6.45) is 2.18. The second kappa shape index (κ2) is 4.96. The zero-order valence-corrected chi connectivity index (χ0v) is 12.5. The second-order valence-corrected chi connectivity index (χ2v) is 5.54. The molecule has 3 heterocycles. The molecule has 1 unspecified atom stereocenters. The number of rotatable bonds is 2. The number of furan rings is 1. The molecule has 1 aromatic carbocycles. The Balaban J connectivity index is 2.07. The maximum atomic E-state index is 14.2. The molecule has 0 fully saturated rings. The first-order valence-electron chi connectivity index (χ1n) is 7.35. The summed E-state index contributed by atoms with van der Waals surface area (Å²) in [5.41, 5.74) is 0.573. The van der Waals surface area contributed by atoms with E-state index in [9.17, 15) is 9.18 Å². The van der Waals surface area contributed by atoms with Crippen LogP contribution < -0.4 is 5.32 Å². The van der Waals surface area contributed by atoms with Crippen LogP contribution in [0.4, 0.5) is 4.39 Å². The predicted octanol–water partition coefficient (Wildman–Crippen LogP) is 2.46. The number of hydrogen-bond acceptors (Lipinski definition) is 4. The van der Waals surface area contributed by atoms with Gasteiger partial charge in [0.2, 0.25) is 5.54 Å². The van der Waals surface area contributed by atoms with E-state index < -0.39 is 11.5 Å². The summed E-state index contributed by atoms with van der Waals surface area (Å²) in [7, 11) is 1.33. The van der Waals surface area contributed by atoms with Crippen LogP contribution >= 0.6 is 0 Å². The number of H-pyrrole nitrogens is 1. The smallest absolute Gasteiger partial charge is 0.340 e. The molecule has 0 amide bonds. The van der Waals surface area contributed by atoms with Gasteiger partial charge in [0.05, 0.1) is 24.6 Å². The first-order chi connectivity index (χ1) is 11.2. The fourth-order valence-electron chi connectivity index (χ4n) is 3.41. The number of benzene rings is 1. The summed E-state index contributed by atoms with van der Waals surface area (Å²) in [5, 5.41) is 3.98. The van der Waals surface area contributed by atoms with Crippen molar-refractivity contribution in [2.75, 3.05) is 13.7 Å². The van der Waals surface area contributed by atoms with E-state index in [1.807, 2.05) is 6.07 Å². The standard InChI is InChI=1S/C17H15FN2O3/c1-22-16(21)17(13-6-3-9-23-13)15-11(7-8-19-17)10-4-2-5-12(18)14(10)20-15/h2-6,9,19-20H,7-8H2,1H3. The largest absolute Gasteiger partial charge is 0.467 e. The second-order valence-electron chi connectivity index (χ2n) is 5.54. The zero-order chi connectivity index (χ0) is 16.0. The van der Waals surface area contributed by atoms with E-state index in [0.717, 1.165) is 10.9 Å². The molecule has 2 N–H and O–H groups in total. The normalized spacial score (nSPS) is 20.4. The highest BCUT2D eigenvalue weighted by molar-refractivity contribution is 5.92. The van der Waals surface area contributed by atoms with Gasteiger partial charge in [0.1, 0.15) is 11.6 Å². The first-order valence-corrected chi connectivity index (χ1v) is 7.35. The third-order valence-electron chi connectivity index (χ3n) is 4.41. The van der Waals surface area contributed by atoms with Gasteiger partial charge in [-0.2, -0.15) is 0 Å². The van der Waals surface area contributed by atoms with Gasteiger partial charge < -0.3 is 14.1 Å². The molecule has 0 saturated heterocycles. The maximum Gasteiger partial charge on any atom is 0.340 e. The molecule has 0 bridgehead atoms. The van der Waals surface area contributed by atoms with Crippen LogP contribution in [0.2, 0.25) is 0 Å². The van der Waals surface area contributed by atoms with E-state index in [1.165, 1.54) is 19.4 Å². The number of carbonyl (C=O) groups is 1. The van der Waals surface area contributed by atoms with E-state index in [0.29, 0.717) is 29.9 Å². The fraction of sp³-hybridized carbons (Fsp3) is 0.235. The van der Waals surface area contributed by atoms with Crippen molar-refractivity contribution < 1.29 is 18.3 Å². The predicted molar refractivity (Wildman–Crippen MR) is 81.5 cm³/mol. The van der Waals surface area contributed by atoms with Crippen molar-refractivity contribution in [3.05, 3.63) is 59.4 Å². The van der Waals surface area contributed by atoms with Crippen LogP contribution in [0, 0.1) is 5.82 Å². The SMILES string of the molecule is COC(=O)C1(c2ccco2)NCCc2c1[nH]c1c(F)cccc21. The number of methoxy groups -OCH3 is 1. The summed E-state index contributed by atoms with van der Waals surface area (Å²) in [6, 6.07) is 8.33. The molecule has 23 heavy (non-hydrogen) atoms. The number of aromatic amines is 1. The quantitative estimate of drug-likeness (QED) is 0.713. The molecule has 1 aliphatic heterocycles. The van der Waals surface area contributed by atoms with Crippen molar-refractivity contribution in [3.8, 4) is 0 Å². The fourth-order valence-corrected chi connectivity index (χ4v) is 3.41. The molecule has 1 aliphatic rings. The van der Waals surface area contributed by atoms with Crippen molar-refractivity contribution in [1.82, 2.24) is 10.3 Å². The van der Waals surface area contributed by atoms with Crippen molar-refractivity contribution in [3.63, 3.8) is 0 Å². The van der Waals surface area contributed by atoms with Crippen LogP contribution in [0.5, 0.6) is 0 Å². The van der Waals surface area contributed by atoms with Gasteiger partial charge in [-0.25, -0.2) is 9.18 Å². The highest BCUT2D eigenvalue weighted by Crippen LogP contribution is 2.39. The number of nitrogens with one attached hydrogen (secondary N) is 2. The van der Waals surface area contributed by atoms with E-state index in [1.54, 1.807) is 18.2 Å². The number of esters is 1. The Kier molecular flexibility index (Phi) is 3.02. The van der Waals surface area contributed by atoms with Crippen molar-refractivity contribution in [2.24, 2.45) is 0 Å². The van der Waals surface area contributed by atoms with Crippen LogP contribution in [0.15, 0.2) is 41.0 Å². The zero-order valence-electron chi connectivity index (χ0n) is 12.5. The van der Waals surface area contributed by atoms with Gasteiger partial charge in [0.25, 0.3) is 0 Å². The number of ether oxygens (including phenoxy) is 1. The summed E-state index contributed by atoms with van der Waals surface area (Å²) in [6.45, 7) is 0.548. The van der Waals surface area contributed by atoms with E-state index in [2.05, 4.69) is 10.3 Å². The van der Waals surface area contributed by atoms with Gasteiger partial charge in [-0.3, -0.25) is 5.32 Å². The number of fused-ring (bicyclic) bond motifs is 3. The third kappa shape index (κ3) is 1.78. The number of para-hydroxylation sites is 1. The van der Waals surface area contributed by atoms with E-state index in [4.69, 9.17) is 9.15 Å². The van der Waals surface area contributed by atoms with Crippen LogP contribution in [0.3, 0.4) is 0 Å². The lowest BCUT2D eigenvalue weighted by Crippen LogP contribution is -2.54. The average Bonchev–Trinajstić information content (AvgIpc) is 3.22. The molecule has 0 aliphatic carbocycles. The molecule has 3 aromatic rings. The molecular weight excluding hydrogens is 299 g/mol. The summed E-state index contributed by atoms with van der Waals surface area (Å²) in [4.78, 5) is 15.7. The van der Waals surface area contributed by atoms with Gasteiger partial charge in [-0.1, -0.05) is 12.1 Å². The lowest BCUT2D eigenvalue weighted by molar-refractivity contribution is -0.148. The lowest BCUT2D eigenvalue weighted by atomic mass is 9.84. The highest BCUT2D eigenvalue weighted by atomic mass is 19.1. The van der Waals surface area contributed by atoms with Gasteiger partial charge >= 0.3 is 5.97 Å². The van der Waals surface area contributed by atoms with Crippen LogP contribution in [-0.2, 0) is 21.5 Å². The monoisotopic (exact) mass is 314 g/mol. The molecule has 5 nitrogen and oxygen atoms in total. The number of aromatic nitrogens is 1. The Morgan fingerprint density at radius 1 is 1.35 bits per heavy atom. The summed E-state index contributed by atoms with van der Waals surface area (Å²) >= 11 is 0. The number of halogens is 1. The van der Waals surface area contributed by atoms with Crippen LogP contribution in [0.25, 0.3) is 10.9 Å². The van der Waals surface area contributed by atoms with Gasteiger partial charge in [0, 0.05) is 11.9 Å². The molecule has 0 saturated carbocycles. The molecule has 1 atom stereocenters. The average molecular weight is 314 g/mol. The maximum absolute atomic E-state index is 14.2. The molecule has 118 valence electrons. The van der Waals surface area contributed by atoms with Crippen molar-refractivity contribution in [2.45, 2.75) is 12.0 Å². The Hall–Kier alpha value is -2.60. The summed E-state index contributed by atoms with van der Waals surface area (Å²) in [5.74, 6) is -0.437. The van der Waals surface area contributed by atoms with Gasteiger partial charge in [-0.15, -0.1) is 0 Å². The minimum absolute atomic E-state index is 0.352. The first kappa shape index (κ1) is 14.0. The molecule has 0 radical (unpaired) electrons. The molecule has 0 spiro atoms. The Labute approximate surface area is 131 Å². The van der Waals surface area contributed by atoms with Crippen LogP contribution in [-0.4, -0.2) is 24.6 Å². The molecule has 4 rings (SSSR count). The Morgan fingerprint density at radius 3 is 2.96 bits per heavy atom.